The molecule has 6 heteroatoms. The first kappa shape index (κ1) is 18.8. The number of rotatable bonds is 6. The maximum absolute atomic E-state index is 5.89. The van der Waals surface area contributed by atoms with Crippen LogP contribution < -0.4 is 4.74 Å². The first-order valence-electron chi connectivity index (χ1n) is 9.25. The lowest BCUT2D eigenvalue weighted by atomic mass is 10.1. The molecule has 29 heavy (non-hydrogen) atoms. The molecule has 0 spiro atoms. The van der Waals surface area contributed by atoms with Crippen molar-refractivity contribution in [3.8, 4) is 17.1 Å². The van der Waals surface area contributed by atoms with Crippen molar-refractivity contribution in [2.45, 2.75) is 13.5 Å². The second-order valence-electron chi connectivity index (χ2n) is 6.62. The van der Waals surface area contributed by atoms with Crippen molar-refractivity contribution in [3.63, 3.8) is 0 Å². The third-order valence-electron chi connectivity index (χ3n) is 4.36. The Morgan fingerprint density at radius 2 is 1.86 bits per heavy atom. The van der Waals surface area contributed by atoms with Crippen LogP contribution in [0.2, 0.25) is 0 Å². The molecule has 4 rings (SSSR count). The van der Waals surface area contributed by atoms with Gasteiger partial charge >= 0.3 is 0 Å². The molecule has 0 aliphatic heterocycles. The Hall–Kier alpha value is -3.51. The topological polar surface area (TPSA) is 55.2 Å². The number of benzene rings is 3. The molecule has 0 saturated carbocycles. The van der Waals surface area contributed by atoms with Crippen LogP contribution >= 0.6 is 12.2 Å². The number of nitrogens with zero attached hydrogens (tertiary/aromatic N) is 3. The standard InChI is InChI=1S/C23H20N4OS/c1-17-7-5-11-20(13-17)22-25-26-23(29)27(22)24-15-19-10-6-12-21(14-19)28-16-18-8-3-2-4-9-18/h2-15H,16H2,1H3,(H,26,29)/b24-15+. The highest BCUT2D eigenvalue weighted by molar-refractivity contribution is 7.71. The molecule has 0 atom stereocenters. The molecule has 144 valence electrons. The minimum absolute atomic E-state index is 0.439. The van der Waals surface area contributed by atoms with Gasteiger partial charge in [-0.3, -0.25) is 0 Å². The molecule has 4 aromatic rings. The van der Waals surface area contributed by atoms with Crippen molar-refractivity contribution in [1.82, 2.24) is 14.9 Å². The van der Waals surface area contributed by atoms with Crippen LogP contribution in [0.1, 0.15) is 16.7 Å². The van der Waals surface area contributed by atoms with Crippen molar-refractivity contribution >= 4 is 18.4 Å². The van der Waals surface area contributed by atoms with Crippen LogP contribution in [0.25, 0.3) is 11.4 Å². The highest BCUT2D eigenvalue weighted by atomic mass is 32.1. The Bertz CT molecular complexity index is 1190. The summed E-state index contributed by atoms with van der Waals surface area (Å²) < 4.78 is 7.96. The average molecular weight is 401 g/mol. The average Bonchev–Trinajstić information content (AvgIpc) is 3.12. The van der Waals surface area contributed by atoms with Gasteiger partial charge in [0.1, 0.15) is 12.4 Å². The number of aromatic nitrogens is 3. The van der Waals surface area contributed by atoms with E-state index >= 15 is 0 Å². The third-order valence-corrected chi connectivity index (χ3v) is 4.62. The van der Waals surface area contributed by atoms with Gasteiger partial charge in [-0.1, -0.05) is 66.2 Å². The smallest absolute Gasteiger partial charge is 0.216 e. The zero-order valence-corrected chi connectivity index (χ0v) is 16.8. The largest absolute Gasteiger partial charge is 0.489 e. The van der Waals surface area contributed by atoms with E-state index in [4.69, 9.17) is 17.0 Å². The van der Waals surface area contributed by atoms with E-state index in [9.17, 15) is 0 Å². The second kappa shape index (κ2) is 8.67. The minimum Gasteiger partial charge on any atom is -0.489 e. The predicted molar refractivity (Wildman–Crippen MR) is 118 cm³/mol. The van der Waals surface area contributed by atoms with Crippen molar-refractivity contribution in [1.29, 1.82) is 0 Å². The molecule has 5 nitrogen and oxygen atoms in total. The first-order chi connectivity index (χ1) is 14.2. The van der Waals surface area contributed by atoms with Gasteiger partial charge in [0.15, 0.2) is 5.82 Å². The molecule has 1 N–H and O–H groups in total. The normalized spacial score (nSPS) is 11.1. The Balaban J connectivity index is 1.54. The fraction of sp³-hybridized carbons (Fsp3) is 0.0870. The van der Waals surface area contributed by atoms with E-state index < -0.39 is 0 Å². The van der Waals surface area contributed by atoms with Crippen molar-refractivity contribution in [2.24, 2.45) is 5.10 Å². The third kappa shape index (κ3) is 4.67. The quantitative estimate of drug-likeness (QED) is 0.349. The van der Waals surface area contributed by atoms with Gasteiger partial charge in [-0.15, -0.1) is 0 Å². The lowest BCUT2D eigenvalue weighted by Crippen LogP contribution is -1.97. The molecule has 1 aromatic heterocycles. The zero-order chi connectivity index (χ0) is 20.1. The molecule has 0 saturated heterocycles. The minimum atomic E-state index is 0.439. The molecule has 0 radical (unpaired) electrons. The van der Waals surface area contributed by atoms with Gasteiger partial charge in [-0.2, -0.15) is 14.9 Å². The molecule has 1 heterocycles. The Morgan fingerprint density at radius 3 is 2.69 bits per heavy atom. The first-order valence-corrected chi connectivity index (χ1v) is 9.65. The number of hydrogen-bond donors (Lipinski definition) is 1. The Kier molecular flexibility index (Phi) is 5.63. The van der Waals surface area contributed by atoms with Crippen molar-refractivity contribution in [2.75, 3.05) is 0 Å². The summed E-state index contributed by atoms with van der Waals surface area (Å²) in [5.74, 6) is 1.46. The lowest BCUT2D eigenvalue weighted by molar-refractivity contribution is 0.306. The van der Waals surface area contributed by atoms with Gasteiger partial charge in [-0.05, 0) is 48.5 Å². The maximum atomic E-state index is 5.89. The molecular formula is C23H20N4OS. The van der Waals surface area contributed by atoms with Crippen LogP contribution in [0.3, 0.4) is 0 Å². The Labute approximate surface area is 174 Å². The van der Waals surface area contributed by atoms with Crippen LogP contribution in [0.5, 0.6) is 5.75 Å². The molecule has 0 amide bonds. The summed E-state index contributed by atoms with van der Waals surface area (Å²) in [6.45, 7) is 2.56. The van der Waals surface area contributed by atoms with E-state index in [1.54, 1.807) is 10.9 Å². The van der Waals surface area contributed by atoms with Crippen LogP contribution in [-0.2, 0) is 6.61 Å². The summed E-state index contributed by atoms with van der Waals surface area (Å²) in [6, 6.07) is 25.9. The SMILES string of the molecule is Cc1cccc(-c2n[nH]c(=S)n2/N=C/c2cccc(OCc3ccccc3)c2)c1. The number of aryl methyl sites for hydroxylation is 1. The van der Waals surface area contributed by atoms with Crippen molar-refractivity contribution in [3.05, 3.63) is 100 Å². The zero-order valence-electron chi connectivity index (χ0n) is 15.9. The number of hydrogen-bond acceptors (Lipinski definition) is 4. The summed E-state index contributed by atoms with van der Waals surface area (Å²) in [5, 5.41) is 11.7. The van der Waals surface area contributed by atoms with E-state index in [-0.39, 0.29) is 0 Å². The number of nitrogens with one attached hydrogen (secondary N) is 1. The highest BCUT2D eigenvalue weighted by Crippen LogP contribution is 2.19. The Morgan fingerprint density at radius 1 is 1.03 bits per heavy atom. The highest BCUT2D eigenvalue weighted by Gasteiger charge is 2.08. The molecule has 0 unspecified atom stereocenters. The van der Waals surface area contributed by atoms with Crippen molar-refractivity contribution < 1.29 is 4.74 Å². The van der Waals surface area contributed by atoms with Gasteiger partial charge in [0, 0.05) is 5.56 Å². The van der Waals surface area contributed by atoms with E-state index in [2.05, 4.69) is 21.4 Å². The second-order valence-corrected chi connectivity index (χ2v) is 7.01. The molecule has 3 aromatic carbocycles. The number of H-pyrrole nitrogens is 1. The van der Waals surface area contributed by atoms with Gasteiger partial charge in [0.2, 0.25) is 4.77 Å². The maximum Gasteiger partial charge on any atom is 0.216 e. The molecule has 0 aliphatic rings. The van der Waals surface area contributed by atoms with E-state index in [1.807, 2.05) is 79.7 Å². The van der Waals surface area contributed by atoms with Gasteiger partial charge in [0.25, 0.3) is 0 Å². The summed E-state index contributed by atoms with van der Waals surface area (Å²) >= 11 is 5.35. The number of ether oxygens (including phenoxy) is 1. The van der Waals surface area contributed by atoms with E-state index in [0.29, 0.717) is 17.2 Å². The molecule has 0 fully saturated rings. The van der Waals surface area contributed by atoms with E-state index in [1.165, 1.54) is 0 Å². The molecule has 0 bridgehead atoms. The van der Waals surface area contributed by atoms with E-state index in [0.717, 1.165) is 28.0 Å². The van der Waals surface area contributed by atoms with Gasteiger partial charge in [0.05, 0.1) is 6.21 Å². The lowest BCUT2D eigenvalue weighted by Gasteiger charge is -2.07. The summed E-state index contributed by atoms with van der Waals surface area (Å²) in [4.78, 5) is 0. The summed E-state index contributed by atoms with van der Waals surface area (Å²) in [5.41, 5.74) is 4.14. The predicted octanol–water partition coefficient (Wildman–Crippen LogP) is 5.38. The summed E-state index contributed by atoms with van der Waals surface area (Å²) in [7, 11) is 0. The van der Waals surface area contributed by atoms with Crippen LogP contribution in [0, 0.1) is 11.7 Å². The van der Waals surface area contributed by atoms with Crippen LogP contribution in [-0.4, -0.2) is 21.1 Å². The fourth-order valence-electron chi connectivity index (χ4n) is 2.92. The monoisotopic (exact) mass is 400 g/mol. The molecule has 0 aliphatic carbocycles. The summed E-state index contributed by atoms with van der Waals surface area (Å²) in [6.07, 6.45) is 1.75. The van der Waals surface area contributed by atoms with Crippen LogP contribution in [0.4, 0.5) is 0 Å². The van der Waals surface area contributed by atoms with Gasteiger partial charge in [-0.25, -0.2) is 5.10 Å². The molecular weight excluding hydrogens is 380 g/mol. The van der Waals surface area contributed by atoms with Gasteiger partial charge < -0.3 is 4.74 Å². The fourth-order valence-corrected chi connectivity index (χ4v) is 3.10. The number of aromatic amines is 1. The van der Waals surface area contributed by atoms with Crippen LogP contribution in [0.15, 0.2) is 84.0 Å².